The minimum atomic E-state index is -0.451. The molecule has 5 nitrogen and oxygen atoms in total. The lowest BCUT2D eigenvalue weighted by Crippen LogP contribution is -2.47. The number of aromatic nitrogens is 2. The Kier molecular flexibility index (Phi) is 8.84. The Morgan fingerprint density at radius 2 is 1.78 bits per heavy atom. The maximum atomic E-state index is 14.3. The van der Waals surface area contributed by atoms with Crippen LogP contribution in [0.5, 0.6) is 0 Å². The lowest BCUT2D eigenvalue weighted by molar-refractivity contribution is -0.123. The fraction of sp³-hybridized carbons (Fsp3) is 0.643. The topological polar surface area (TPSA) is 59.0 Å². The third kappa shape index (κ3) is 6.43. The highest BCUT2D eigenvalue weighted by molar-refractivity contribution is 6.30. The van der Waals surface area contributed by atoms with Crippen molar-refractivity contribution in [1.82, 2.24) is 20.4 Å². The van der Waals surface area contributed by atoms with E-state index in [0.29, 0.717) is 17.8 Å². The predicted octanol–water partition coefficient (Wildman–Crippen LogP) is 6.76. The molecule has 36 heavy (non-hydrogen) atoms. The Balaban J connectivity index is 0.00000361. The second-order valence-electron chi connectivity index (χ2n) is 12.5. The minimum absolute atomic E-state index is 0. The quantitative estimate of drug-likeness (QED) is 0.451. The van der Waals surface area contributed by atoms with E-state index < -0.39 is 5.82 Å². The molecule has 0 bridgehead atoms. The molecule has 0 radical (unpaired) electrons. The molecule has 2 aliphatic rings. The number of rotatable bonds is 4. The lowest BCUT2D eigenvalue weighted by atomic mass is 9.71. The summed E-state index contributed by atoms with van der Waals surface area (Å²) in [7, 11) is 0. The summed E-state index contributed by atoms with van der Waals surface area (Å²) in [6, 6.07) is 6.55. The summed E-state index contributed by atoms with van der Waals surface area (Å²) < 4.78 is 16.3. The van der Waals surface area contributed by atoms with Gasteiger partial charge in [0.15, 0.2) is 0 Å². The van der Waals surface area contributed by atoms with Crippen molar-refractivity contribution < 1.29 is 9.18 Å². The first kappa shape index (κ1) is 28.9. The highest BCUT2D eigenvalue weighted by Gasteiger charge is 2.41. The van der Waals surface area contributed by atoms with E-state index in [1.54, 1.807) is 6.07 Å². The van der Waals surface area contributed by atoms with Crippen LogP contribution in [-0.2, 0) is 10.3 Å². The van der Waals surface area contributed by atoms with Crippen molar-refractivity contribution in [3.63, 3.8) is 0 Å². The second kappa shape index (κ2) is 11.0. The van der Waals surface area contributed by atoms with E-state index in [-0.39, 0.29) is 52.9 Å². The number of nitrogens with one attached hydrogen (secondary N) is 2. The van der Waals surface area contributed by atoms with Crippen LogP contribution in [0, 0.1) is 17.2 Å². The Hall–Kier alpha value is -1.63. The largest absolute Gasteiger partial charge is 0.352 e. The summed E-state index contributed by atoms with van der Waals surface area (Å²) >= 11 is 5.94. The van der Waals surface area contributed by atoms with Crippen LogP contribution >= 0.6 is 24.0 Å². The van der Waals surface area contributed by atoms with Crippen molar-refractivity contribution in [1.29, 1.82) is 0 Å². The van der Waals surface area contributed by atoms with Crippen molar-refractivity contribution in [2.45, 2.75) is 103 Å². The number of amides is 1. The number of benzene rings is 1. The van der Waals surface area contributed by atoms with Crippen LogP contribution in [-0.4, -0.2) is 27.8 Å². The van der Waals surface area contributed by atoms with Gasteiger partial charge in [-0.05, 0) is 88.0 Å². The molecule has 1 aromatic carbocycles. The van der Waals surface area contributed by atoms with Gasteiger partial charge in [-0.15, -0.1) is 12.4 Å². The SMILES string of the molecule is CC(C)(C)C1CCC(NC(=O)[C@@H]2CC(c3ccn(C(C)(C)C)n3)[C@H](c3ccc(Cl)c(F)c3)N2)CC1.Cl. The van der Waals surface area contributed by atoms with Gasteiger partial charge >= 0.3 is 0 Å². The van der Waals surface area contributed by atoms with Gasteiger partial charge in [-0.2, -0.15) is 5.10 Å². The Labute approximate surface area is 226 Å². The zero-order valence-electron chi connectivity index (χ0n) is 22.3. The standard InChI is InChI=1S/C28H40ClFN4O.ClH/c1-27(2,3)18-8-10-19(11-9-18)31-26(35)24-16-20(23-13-14-34(33-23)28(4,5)6)25(32-24)17-7-12-21(29)22(30)15-17;/h7,12-15,18-20,24-25,32H,8-11,16H2,1-6H3,(H,31,35);1H/t18?,19?,20?,24-,25-;/m0./s1. The van der Waals surface area contributed by atoms with E-state index >= 15 is 0 Å². The maximum Gasteiger partial charge on any atom is 0.237 e. The van der Waals surface area contributed by atoms with Crippen LogP contribution in [0.4, 0.5) is 4.39 Å². The number of hydrogen-bond acceptors (Lipinski definition) is 3. The lowest BCUT2D eigenvalue weighted by Gasteiger charge is -2.37. The molecule has 1 unspecified atom stereocenters. The summed E-state index contributed by atoms with van der Waals surface area (Å²) in [4.78, 5) is 13.3. The zero-order chi connectivity index (χ0) is 25.5. The van der Waals surface area contributed by atoms with Gasteiger partial charge in [0.1, 0.15) is 5.82 Å². The summed E-state index contributed by atoms with van der Waals surface area (Å²) in [5.41, 5.74) is 1.86. The molecule has 2 N–H and O–H groups in total. The third-order valence-corrected chi connectivity index (χ3v) is 8.17. The van der Waals surface area contributed by atoms with Crippen molar-refractivity contribution in [2.24, 2.45) is 11.3 Å². The molecule has 3 atom stereocenters. The van der Waals surface area contributed by atoms with Crippen molar-refractivity contribution in [3.8, 4) is 0 Å². The summed E-state index contributed by atoms with van der Waals surface area (Å²) in [5, 5.41) is 11.7. The molecule has 4 rings (SSSR count). The van der Waals surface area contributed by atoms with E-state index in [4.69, 9.17) is 16.7 Å². The van der Waals surface area contributed by atoms with E-state index in [1.807, 2.05) is 23.0 Å². The number of carbonyl (C=O) groups is 1. The molecule has 200 valence electrons. The second-order valence-corrected chi connectivity index (χ2v) is 12.9. The number of carbonyl (C=O) groups excluding carboxylic acids is 1. The normalized spacial score (nSPS) is 26.9. The number of hydrogen-bond donors (Lipinski definition) is 2. The molecule has 1 saturated carbocycles. The van der Waals surface area contributed by atoms with Crippen molar-refractivity contribution >= 4 is 29.9 Å². The van der Waals surface area contributed by atoms with Crippen molar-refractivity contribution in [2.75, 3.05) is 0 Å². The van der Waals surface area contributed by atoms with Crippen LogP contribution < -0.4 is 10.6 Å². The first-order valence-electron chi connectivity index (χ1n) is 12.9. The molecular formula is C28H41Cl2FN4O. The molecule has 0 spiro atoms. The summed E-state index contributed by atoms with van der Waals surface area (Å²) in [6.45, 7) is 13.2. The van der Waals surface area contributed by atoms with E-state index in [1.165, 1.54) is 6.07 Å². The molecule has 2 fully saturated rings. The monoisotopic (exact) mass is 538 g/mol. The average molecular weight is 540 g/mol. The number of nitrogens with zero attached hydrogens (tertiary/aromatic N) is 2. The predicted molar refractivity (Wildman–Crippen MR) is 146 cm³/mol. The van der Waals surface area contributed by atoms with Crippen LogP contribution in [0.1, 0.15) is 96.9 Å². The zero-order valence-corrected chi connectivity index (χ0v) is 23.8. The number of halogens is 3. The molecule has 2 heterocycles. The van der Waals surface area contributed by atoms with Crippen LogP contribution in [0.15, 0.2) is 30.5 Å². The molecule has 2 aromatic rings. The van der Waals surface area contributed by atoms with Gasteiger partial charge in [-0.1, -0.05) is 38.4 Å². The highest BCUT2D eigenvalue weighted by atomic mass is 35.5. The summed E-state index contributed by atoms with van der Waals surface area (Å²) in [5.74, 6) is 0.230. The Morgan fingerprint density at radius 1 is 1.11 bits per heavy atom. The first-order chi connectivity index (χ1) is 16.3. The summed E-state index contributed by atoms with van der Waals surface area (Å²) in [6.07, 6.45) is 6.92. The molecule has 1 aromatic heterocycles. The molecule has 1 saturated heterocycles. The maximum absolute atomic E-state index is 14.3. The van der Waals surface area contributed by atoms with Gasteiger partial charge in [0.05, 0.1) is 22.3 Å². The minimum Gasteiger partial charge on any atom is -0.352 e. The van der Waals surface area contributed by atoms with E-state index in [0.717, 1.165) is 36.9 Å². The Bertz CT molecular complexity index is 1050. The van der Waals surface area contributed by atoms with Gasteiger partial charge in [-0.3, -0.25) is 14.8 Å². The van der Waals surface area contributed by atoms with Gasteiger partial charge in [0.25, 0.3) is 0 Å². The molecule has 1 amide bonds. The van der Waals surface area contributed by atoms with Crippen molar-refractivity contribution in [3.05, 3.63) is 52.6 Å². The van der Waals surface area contributed by atoms with Gasteiger partial charge < -0.3 is 5.32 Å². The molecule has 8 heteroatoms. The molecule has 1 aliphatic heterocycles. The fourth-order valence-electron chi connectivity index (χ4n) is 5.61. The van der Waals surface area contributed by atoms with Crippen LogP contribution in [0.2, 0.25) is 5.02 Å². The average Bonchev–Trinajstić information content (AvgIpc) is 3.43. The first-order valence-corrected chi connectivity index (χ1v) is 13.3. The van der Waals surface area contributed by atoms with E-state index in [2.05, 4.69) is 52.2 Å². The highest BCUT2D eigenvalue weighted by Crippen LogP contribution is 2.41. The molecular weight excluding hydrogens is 498 g/mol. The van der Waals surface area contributed by atoms with Crippen LogP contribution in [0.3, 0.4) is 0 Å². The van der Waals surface area contributed by atoms with Gasteiger partial charge in [-0.25, -0.2) is 4.39 Å². The smallest absolute Gasteiger partial charge is 0.237 e. The third-order valence-electron chi connectivity index (χ3n) is 7.87. The fourth-order valence-corrected chi connectivity index (χ4v) is 5.73. The van der Waals surface area contributed by atoms with Gasteiger partial charge in [0, 0.05) is 24.2 Å². The van der Waals surface area contributed by atoms with E-state index in [9.17, 15) is 9.18 Å². The van der Waals surface area contributed by atoms with Crippen LogP contribution in [0.25, 0.3) is 0 Å². The van der Waals surface area contributed by atoms with Gasteiger partial charge in [0.2, 0.25) is 5.91 Å². The Morgan fingerprint density at radius 3 is 2.33 bits per heavy atom. The molecule has 1 aliphatic carbocycles.